The maximum absolute atomic E-state index is 12.1. The summed E-state index contributed by atoms with van der Waals surface area (Å²) in [6.07, 6.45) is -0.444. The molecule has 1 saturated heterocycles. The van der Waals surface area contributed by atoms with Crippen LogP contribution < -0.4 is 5.32 Å². The molecule has 1 aliphatic heterocycles. The number of nitrogens with zero attached hydrogens (tertiary/aromatic N) is 2. The zero-order chi connectivity index (χ0) is 13.7. The van der Waals surface area contributed by atoms with E-state index in [2.05, 4.69) is 11.4 Å². The minimum atomic E-state index is -0.444. The van der Waals surface area contributed by atoms with Crippen molar-refractivity contribution in [2.75, 3.05) is 25.0 Å². The van der Waals surface area contributed by atoms with Crippen LogP contribution in [0.2, 0.25) is 0 Å². The maximum atomic E-state index is 12.1. The summed E-state index contributed by atoms with van der Waals surface area (Å²) in [4.78, 5) is 14.1. The number of amides is 1. The SMILES string of the molecule is CC(C(=O)Nc1ccccc1)N1CCOC(C#N)C1. The molecular weight excluding hydrogens is 242 g/mol. The Kier molecular flexibility index (Phi) is 4.50. The van der Waals surface area contributed by atoms with Gasteiger partial charge in [-0.2, -0.15) is 5.26 Å². The molecule has 1 fully saturated rings. The number of nitrogens with one attached hydrogen (secondary N) is 1. The fourth-order valence-corrected chi connectivity index (χ4v) is 2.03. The molecule has 0 radical (unpaired) electrons. The standard InChI is InChI=1S/C14H17N3O2/c1-11(17-7-8-19-13(9-15)10-17)14(18)16-12-5-3-2-4-6-12/h2-6,11,13H,7-8,10H2,1H3,(H,16,18). The highest BCUT2D eigenvalue weighted by Crippen LogP contribution is 2.11. The number of para-hydroxylation sites is 1. The molecule has 100 valence electrons. The minimum Gasteiger partial charge on any atom is -0.361 e. The molecule has 5 heteroatoms. The summed E-state index contributed by atoms with van der Waals surface area (Å²) in [5.41, 5.74) is 0.782. The molecule has 0 aliphatic carbocycles. The van der Waals surface area contributed by atoms with E-state index in [1.807, 2.05) is 42.2 Å². The van der Waals surface area contributed by atoms with Gasteiger partial charge in [-0.05, 0) is 19.1 Å². The van der Waals surface area contributed by atoms with Crippen molar-refractivity contribution in [2.24, 2.45) is 0 Å². The quantitative estimate of drug-likeness (QED) is 0.887. The number of morpholine rings is 1. The molecule has 0 aromatic heterocycles. The van der Waals surface area contributed by atoms with Gasteiger partial charge in [-0.1, -0.05) is 18.2 Å². The van der Waals surface area contributed by atoms with Crippen molar-refractivity contribution in [3.8, 4) is 6.07 Å². The second-order valence-electron chi connectivity index (χ2n) is 4.51. The Morgan fingerprint density at radius 1 is 1.53 bits per heavy atom. The van der Waals surface area contributed by atoms with Crippen molar-refractivity contribution in [3.05, 3.63) is 30.3 Å². The van der Waals surface area contributed by atoms with E-state index >= 15 is 0 Å². The van der Waals surface area contributed by atoms with E-state index in [-0.39, 0.29) is 11.9 Å². The zero-order valence-electron chi connectivity index (χ0n) is 10.9. The van der Waals surface area contributed by atoms with Crippen LogP contribution in [0.1, 0.15) is 6.92 Å². The van der Waals surface area contributed by atoms with E-state index in [4.69, 9.17) is 10.00 Å². The first-order valence-corrected chi connectivity index (χ1v) is 6.32. The molecule has 0 bridgehead atoms. The second-order valence-corrected chi connectivity index (χ2v) is 4.51. The molecule has 19 heavy (non-hydrogen) atoms. The molecule has 2 rings (SSSR count). The van der Waals surface area contributed by atoms with Gasteiger partial charge in [-0.15, -0.1) is 0 Å². The van der Waals surface area contributed by atoms with Crippen molar-refractivity contribution in [3.63, 3.8) is 0 Å². The van der Waals surface area contributed by atoms with Crippen LogP contribution in [-0.4, -0.2) is 42.6 Å². The third-order valence-corrected chi connectivity index (χ3v) is 3.21. The van der Waals surface area contributed by atoms with Gasteiger partial charge in [-0.25, -0.2) is 0 Å². The summed E-state index contributed by atoms with van der Waals surface area (Å²) >= 11 is 0. The summed E-state index contributed by atoms with van der Waals surface area (Å²) in [5.74, 6) is -0.0650. The van der Waals surface area contributed by atoms with E-state index in [1.165, 1.54) is 0 Å². The number of benzene rings is 1. The Morgan fingerprint density at radius 2 is 2.26 bits per heavy atom. The van der Waals surface area contributed by atoms with Crippen molar-refractivity contribution in [2.45, 2.75) is 19.1 Å². The van der Waals surface area contributed by atoms with Gasteiger partial charge >= 0.3 is 0 Å². The summed E-state index contributed by atoms with van der Waals surface area (Å²) in [6.45, 7) is 3.47. The van der Waals surface area contributed by atoms with E-state index in [9.17, 15) is 4.79 Å². The number of rotatable bonds is 3. The smallest absolute Gasteiger partial charge is 0.241 e. The van der Waals surface area contributed by atoms with Crippen LogP contribution in [0, 0.1) is 11.3 Å². The summed E-state index contributed by atoms with van der Waals surface area (Å²) in [5, 5.41) is 11.7. The molecule has 1 aromatic rings. The lowest BCUT2D eigenvalue weighted by Crippen LogP contribution is -2.50. The first-order chi connectivity index (χ1) is 9.20. The van der Waals surface area contributed by atoms with E-state index in [0.717, 1.165) is 5.69 Å². The van der Waals surface area contributed by atoms with Gasteiger partial charge in [0.1, 0.15) is 0 Å². The Hall–Kier alpha value is -1.90. The summed E-state index contributed by atoms with van der Waals surface area (Å²) < 4.78 is 5.27. The second kappa shape index (κ2) is 6.32. The van der Waals surface area contributed by atoms with Gasteiger partial charge in [0, 0.05) is 18.8 Å². The molecule has 2 atom stereocenters. The highest BCUT2D eigenvalue weighted by Gasteiger charge is 2.27. The van der Waals surface area contributed by atoms with Gasteiger partial charge in [0.05, 0.1) is 18.7 Å². The largest absolute Gasteiger partial charge is 0.361 e. The number of anilines is 1. The Bertz CT molecular complexity index is 469. The molecule has 1 aromatic carbocycles. The molecule has 1 aliphatic rings. The lowest BCUT2D eigenvalue weighted by atomic mass is 10.2. The predicted octanol–water partition coefficient (Wildman–Crippen LogP) is 1.24. The van der Waals surface area contributed by atoms with Gasteiger partial charge in [0.15, 0.2) is 6.10 Å². The highest BCUT2D eigenvalue weighted by atomic mass is 16.5. The van der Waals surface area contributed by atoms with Crippen LogP contribution in [0.25, 0.3) is 0 Å². The highest BCUT2D eigenvalue weighted by molar-refractivity contribution is 5.94. The lowest BCUT2D eigenvalue weighted by molar-refractivity contribution is -0.123. The third kappa shape index (κ3) is 3.53. The minimum absolute atomic E-state index is 0.0650. The fourth-order valence-electron chi connectivity index (χ4n) is 2.03. The van der Waals surface area contributed by atoms with Crippen LogP contribution in [0.3, 0.4) is 0 Å². The van der Waals surface area contributed by atoms with Crippen LogP contribution in [0.4, 0.5) is 5.69 Å². The average Bonchev–Trinajstić information content (AvgIpc) is 2.47. The number of carbonyl (C=O) groups excluding carboxylic acids is 1. The van der Waals surface area contributed by atoms with Crippen molar-refractivity contribution in [1.29, 1.82) is 5.26 Å². The molecule has 1 N–H and O–H groups in total. The van der Waals surface area contributed by atoms with Gasteiger partial charge < -0.3 is 10.1 Å². The first-order valence-electron chi connectivity index (χ1n) is 6.32. The number of hydrogen-bond acceptors (Lipinski definition) is 4. The Morgan fingerprint density at radius 3 is 2.95 bits per heavy atom. The van der Waals surface area contributed by atoms with Crippen molar-refractivity contribution < 1.29 is 9.53 Å². The predicted molar refractivity (Wildman–Crippen MR) is 71.5 cm³/mol. The van der Waals surface area contributed by atoms with Crippen molar-refractivity contribution in [1.82, 2.24) is 4.90 Å². The topological polar surface area (TPSA) is 65.4 Å². The first kappa shape index (κ1) is 13.5. The van der Waals surface area contributed by atoms with E-state index in [0.29, 0.717) is 19.7 Å². The van der Waals surface area contributed by atoms with Crippen LogP contribution >= 0.6 is 0 Å². The number of nitriles is 1. The summed E-state index contributed by atoms with van der Waals surface area (Å²) in [7, 11) is 0. The Labute approximate surface area is 112 Å². The van der Waals surface area contributed by atoms with Gasteiger partial charge in [-0.3, -0.25) is 9.69 Å². The third-order valence-electron chi connectivity index (χ3n) is 3.21. The van der Waals surface area contributed by atoms with Gasteiger partial charge in [0.25, 0.3) is 0 Å². The average molecular weight is 259 g/mol. The van der Waals surface area contributed by atoms with Crippen LogP contribution in [0.15, 0.2) is 30.3 Å². The molecular formula is C14H17N3O2. The van der Waals surface area contributed by atoms with Crippen LogP contribution in [0.5, 0.6) is 0 Å². The monoisotopic (exact) mass is 259 g/mol. The zero-order valence-corrected chi connectivity index (χ0v) is 10.9. The summed E-state index contributed by atoms with van der Waals surface area (Å²) in [6, 6.07) is 11.2. The number of ether oxygens (including phenoxy) is 1. The van der Waals surface area contributed by atoms with E-state index in [1.54, 1.807) is 0 Å². The molecule has 1 amide bonds. The molecule has 0 saturated carbocycles. The molecule has 2 unspecified atom stereocenters. The van der Waals surface area contributed by atoms with E-state index < -0.39 is 6.10 Å². The Balaban J connectivity index is 1.94. The van der Waals surface area contributed by atoms with Gasteiger partial charge in [0.2, 0.25) is 5.91 Å². The van der Waals surface area contributed by atoms with Crippen molar-refractivity contribution >= 4 is 11.6 Å². The lowest BCUT2D eigenvalue weighted by Gasteiger charge is -2.33. The van der Waals surface area contributed by atoms with Crippen LogP contribution in [-0.2, 0) is 9.53 Å². The maximum Gasteiger partial charge on any atom is 0.241 e. The fraction of sp³-hybridized carbons (Fsp3) is 0.429. The number of hydrogen-bond donors (Lipinski definition) is 1. The molecule has 1 heterocycles. The molecule has 0 spiro atoms. The normalized spacial score (nSPS) is 21.4. The number of carbonyl (C=O) groups is 1. The molecule has 5 nitrogen and oxygen atoms in total.